The van der Waals surface area contributed by atoms with Crippen LogP contribution in [0, 0.1) is 0 Å². The highest BCUT2D eigenvalue weighted by atomic mass is 17.2. The molecule has 0 aromatic carbocycles. The van der Waals surface area contributed by atoms with Crippen molar-refractivity contribution in [2.45, 2.75) is 19.3 Å². The first-order valence-corrected chi connectivity index (χ1v) is 3.17. The fourth-order valence-corrected chi connectivity index (χ4v) is 1.23. The summed E-state index contributed by atoms with van der Waals surface area (Å²) in [5, 5.41) is 0. The van der Waals surface area contributed by atoms with Gasteiger partial charge >= 0.3 is 0 Å². The molecule has 1 aliphatic carbocycles. The summed E-state index contributed by atoms with van der Waals surface area (Å²) in [5.74, 6) is 0. The van der Waals surface area contributed by atoms with Crippen molar-refractivity contribution >= 4 is 0 Å². The Balaban J connectivity index is 2.30. The first-order valence-electron chi connectivity index (χ1n) is 3.17. The van der Waals surface area contributed by atoms with E-state index in [1.165, 1.54) is 17.6 Å². The third-order valence-electron chi connectivity index (χ3n) is 1.74. The minimum Gasteiger partial charge on any atom is -0.298 e. The summed E-state index contributed by atoms with van der Waals surface area (Å²) < 4.78 is 0. The highest BCUT2D eigenvalue weighted by Crippen LogP contribution is 2.31. The van der Waals surface area contributed by atoms with Gasteiger partial charge in [0.1, 0.15) is 12.5 Å². The van der Waals surface area contributed by atoms with E-state index in [0.29, 0.717) is 0 Å². The predicted octanol–water partition coefficient (Wildman–Crippen LogP) is 1.90. The molecule has 1 heterocycles. The van der Waals surface area contributed by atoms with Crippen LogP contribution in [0.2, 0.25) is 0 Å². The third kappa shape index (κ3) is 0.707. The summed E-state index contributed by atoms with van der Waals surface area (Å²) in [6.45, 7) is 0. The number of fused-ring (bicyclic) bond motifs is 1. The molecule has 0 atom stereocenters. The van der Waals surface area contributed by atoms with Gasteiger partial charge < -0.3 is 0 Å². The maximum atomic E-state index is 4.64. The molecular weight excluding hydrogens is 116 g/mol. The van der Waals surface area contributed by atoms with Gasteiger partial charge in [-0.2, -0.15) is 0 Å². The smallest absolute Gasteiger partial charge is 0.146 e. The average molecular weight is 124 g/mol. The van der Waals surface area contributed by atoms with Crippen LogP contribution in [0.15, 0.2) is 23.7 Å². The second kappa shape index (κ2) is 1.79. The van der Waals surface area contributed by atoms with E-state index in [1.54, 1.807) is 12.5 Å². The first-order chi connectivity index (χ1) is 4.47. The molecule has 0 saturated heterocycles. The third-order valence-corrected chi connectivity index (χ3v) is 1.74. The van der Waals surface area contributed by atoms with Crippen molar-refractivity contribution in [3.63, 3.8) is 0 Å². The van der Waals surface area contributed by atoms with E-state index in [0.717, 1.165) is 12.8 Å². The van der Waals surface area contributed by atoms with Crippen LogP contribution >= 0.6 is 0 Å². The lowest BCUT2D eigenvalue weighted by molar-refractivity contribution is -0.200. The standard InChI is InChI=1S/C7H8O2/c1-2-6-4-8-9-5-7(6)3-1/h4-5H,1-3H2. The molecule has 0 bridgehead atoms. The Hall–Kier alpha value is -0.920. The van der Waals surface area contributed by atoms with E-state index in [-0.39, 0.29) is 0 Å². The minimum atomic E-state index is 1.15. The van der Waals surface area contributed by atoms with Gasteiger partial charge in [-0.3, -0.25) is 9.78 Å². The molecule has 0 aromatic heterocycles. The second-order valence-corrected chi connectivity index (χ2v) is 2.33. The van der Waals surface area contributed by atoms with E-state index in [1.807, 2.05) is 0 Å². The molecular formula is C7H8O2. The van der Waals surface area contributed by atoms with Gasteiger partial charge in [0.05, 0.1) is 0 Å². The number of hydrogen-bond donors (Lipinski definition) is 0. The van der Waals surface area contributed by atoms with E-state index < -0.39 is 0 Å². The zero-order valence-electron chi connectivity index (χ0n) is 5.09. The molecule has 2 heteroatoms. The fourth-order valence-electron chi connectivity index (χ4n) is 1.23. The van der Waals surface area contributed by atoms with Crippen molar-refractivity contribution in [1.82, 2.24) is 0 Å². The molecule has 1 aliphatic heterocycles. The second-order valence-electron chi connectivity index (χ2n) is 2.33. The van der Waals surface area contributed by atoms with Crippen molar-refractivity contribution in [3.05, 3.63) is 23.7 Å². The quantitative estimate of drug-likeness (QED) is 0.459. The van der Waals surface area contributed by atoms with E-state index in [4.69, 9.17) is 0 Å². The van der Waals surface area contributed by atoms with Gasteiger partial charge in [-0.1, -0.05) is 0 Å². The summed E-state index contributed by atoms with van der Waals surface area (Å²) in [4.78, 5) is 9.29. The van der Waals surface area contributed by atoms with Crippen molar-refractivity contribution in [3.8, 4) is 0 Å². The van der Waals surface area contributed by atoms with E-state index in [2.05, 4.69) is 9.78 Å². The van der Waals surface area contributed by atoms with Gasteiger partial charge in [0.25, 0.3) is 0 Å². The zero-order valence-corrected chi connectivity index (χ0v) is 5.09. The van der Waals surface area contributed by atoms with Gasteiger partial charge in [0, 0.05) is 0 Å². The number of rotatable bonds is 0. The summed E-state index contributed by atoms with van der Waals surface area (Å²) >= 11 is 0. The molecule has 1 saturated carbocycles. The van der Waals surface area contributed by atoms with E-state index >= 15 is 0 Å². The summed E-state index contributed by atoms with van der Waals surface area (Å²) in [6.07, 6.45) is 6.93. The van der Waals surface area contributed by atoms with Gasteiger partial charge in [-0.25, -0.2) is 0 Å². The lowest BCUT2D eigenvalue weighted by Gasteiger charge is -2.06. The average Bonchev–Trinajstić information content (AvgIpc) is 2.33. The first kappa shape index (κ1) is 4.91. The zero-order chi connectivity index (χ0) is 6.10. The molecule has 0 spiro atoms. The molecule has 1 fully saturated rings. The van der Waals surface area contributed by atoms with Crippen LogP contribution < -0.4 is 0 Å². The SMILES string of the molecule is C1=C2CCCC2=COO1. The Labute approximate surface area is 53.7 Å². The van der Waals surface area contributed by atoms with Gasteiger partial charge in [-0.15, -0.1) is 0 Å². The van der Waals surface area contributed by atoms with Crippen LogP contribution in [-0.2, 0) is 9.78 Å². The summed E-state index contributed by atoms with van der Waals surface area (Å²) in [7, 11) is 0. The molecule has 2 rings (SSSR count). The van der Waals surface area contributed by atoms with Gasteiger partial charge in [0.2, 0.25) is 0 Å². The van der Waals surface area contributed by atoms with Crippen molar-refractivity contribution in [2.24, 2.45) is 0 Å². The Kier molecular flexibility index (Phi) is 0.979. The highest BCUT2D eigenvalue weighted by Gasteiger charge is 2.16. The molecule has 2 aliphatic rings. The predicted molar refractivity (Wildman–Crippen MR) is 32.2 cm³/mol. The molecule has 0 amide bonds. The van der Waals surface area contributed by atoms with Crippen LogP contribution in [0.3, 0.4) is 0 Å². The number of hydrogen-bond acceptors (Lipinski definition) is 2. The highest BCUT2D eigenvalue weighted by molar-refractivity contribution is 5.32. The van der Waals surface area contributed by atoms with Gasteiger partial charge in [0.15, 0.2) is 0 Å². The Morgan fingerprint density at radius 2 is 1.56 bits per heavy atom. The van der Waals surface area contributed by atoms with Crippen LogP contribution in [0.5, 0.6) is 0 Å². The molecule has 0 N–H and O–H groups in total. The minimum absolute atomic E-state index is 1.15. The molecule has 0 aromatic rings. The molecule has 9 heavy (non-hydrogen) atoms. The maximum absolute atomic E-state index is 4.64. The van der Waals surface area contributed by atoms with Crippen LogP contribution in [0.25, 0.3) is 0 Å². The molecule has 48 valence electrons. The fraction of sp³-hybridized carbons (Fsp3) is 0.429. The Morgan fingerprint density at radius 1 is 1.00 bits per heavy atom. The summed E-state index contributed by atoms with van der Waals surface area (Å²) in [5.41, 5.74) is 2.61. The normalized spacial score (nSPS) is 23.1. The molecule has 2 nitrogen and oxygen atoms in total. The van der Waals surface area contributed by atoms with E-state index in [9.17, 15) is 0 Å². The van der Waals surface area contributed by atoms with Crippen molar-refractivity contribution in [1.29, 1.82) is 0 Å². The molecule has 0 unspecified atom stereocenters. The van der Waals surface area contributed by atoms with Crippen molar-refractivity contribution in [2.75, 3.05) is 0 Å². The van der Waals surface area contributed by atoms with Crippen LogP contribution in [0.1, 0.15) is 19.3 Å². The lowest BCUT2D eigenvalue weighted by Crippen LogP contribution is -1.91. The monoisotopic (exact) mass is 124 g/mol. The largest absolute Gasteiger partial charge is 0.298 e. The number of allylic oxidation sites excluding steroid dienone is 2. The maximum Gasteiger partial charge on any atom is 0.146 e. The Morgan fingerprint density at radius 3 is 2.11 bits per heavy atom. The van der Waals surface area contributed by atoms with Crippen molar-refractivity contribution < 1.29 is 9.78 Å². The van der Waals surface area contributed by atoms with Crippen LogP contribution in [-0.4, -0.2) is 0 Å². The lowest BCUT2D eigenvalue weighted by atomic mass is 10.2. The topological polar surface area (TPSA) is 18.5 Å². The Bertz CT molecular complexity index is 159. The van der Waals surface area contributed by atoms with Crippen LogP contribution in [0.4, 0.5) is 0 Å². The summed E-state index contributed by atoms with van der Waals surface area (Å²) in [6, 6.07) is 0. The van der Waals surface area contributed by atoms with Gasteiger partial charge in [-0.05, 0) is 30.4 Å². The molecule has 0 radical (unpaired) electrons.